The van der Waals surface area contributed by atoms with Gasteiger partial charge in [-0.1, -0.05) is 72.4 Å². The first kappa shape index (κ1) is 23.8. The molecule has 0 spiro atoms. The van der Waals surface area contributed by atoms with E-state index in [2.05, 4.69) is 27.6 Å². The van der Waals surface area contributed by atoms with Crippen LogP contribution in [0.15, 0.2) is 88.8 Å². The number of benzene rings is 3. The van der Waals surface area contributed by atoms with Gasteiger partial charge in [0.15, 0.2) is 5.16 Å². The second-order valence-corrected chi connectivity index (χ2v) is 9.79. The smallest absolute Gasteiger partial charge is 0.267 e. The van der Waals surface area contributed by atoms with E-state index >= 15 is 0 Å². The third-order valence-electron chi connectivity index (χ3n) is 6.20. The van der Waals surface area contributed by atoms with Crippen LogP contribution in [0.3, 0.4) is 0 Å². The van der Waals surface area contributed by atoms with Crippen LogP contribution in [0.4, 0.5) is 0 Å². The van der Waals surface area contributed by atoms with Crippen molar-refractivity contribution in [3.05, 3.63) is 100 Å². The summed E-state index contributed by atoms with van der Waals surface area (Å²) in [5, 5.41) is 12.9. The molecule has 5 rings (SSSR count). The second kappa shape index (κ2) is 10.4. The molecule has 0 fully saturated rings. The summed E-state index contributed by atoms with van der Waals surface area (Å²) in [6.45, 7) is 3.98. The zero-order valence-electron chi connectivity index (χ0n) is 20.2. The van der Waals surface area contributed by atoms with Crippen LogP contribution in [0.5, 0.6) is 0 Å². The van der Waals surface area contributed by atoms with Crippen molar-refractivity contribution >= 4 is 34.3 Å². The second-order valence-electron chi connectivity index (χ2n) is 8.84. The van der Waals surface area contributed by atoms with Gasteiger partial charge < -0.3 is 5.32 Å². The lowest BCUT2D eigenvalue weighted by Crippen LogP contribution is -2.34. The van der Waals surface area contributed by atoms with Crippen molar-refractivity contribution in [2.24, 2.45) is 0 Å². The molecule has 0 aliphatic carbocycles. The third-order valence-corrected chi connectivity index (χ3v) is 7.13. The number of carbonyl (C=O) groups excluding carboxylic acids is 1. The Morgan fingerprint density at radius 2 is 1.69 bits per heavy atom. The molecule has 0 radical (unpaired) electrons. The average molecular weight is 498 g/mol. The lowest BCUT2D eigenvalue weighted by atomic mass is 10.1. The van der Waals surface area contributed by atoms with Crippen LogP contribution < -0.4 is 10.9 Å². The fourth-order valence-electron chi connectivity index (χ4n) is 4.35. The summed E-state index contributed by atoms with van der Waals surface area (Å²) in [6.07, 6.45) is 1.77. The molecule has 182 valence electrons. The highest BCUT2D eigenvalue weighted by atomic mass is 32.2. The molecule has 3 aromatic carbocycles. The Bertz CT molecular complexity index is 1590. The van der Waals surface area contributed by atoms with E-state index in [0.717, 1.165) is 24.1 Å². The summed E-state index contributed by atoms with van der Waals surface area (Å²) in [5.41, 5.74) is 3.53. The van der Waals surface area contributed by atoms with Gasteiger partial charge in [-0.3, -0.25) is 14.0 Å². The molecular weight excluding hydrogens is 470 g/mol. The number of aryl methyl sites for hydroxylation is 2. The van der Waals surface area contributed by atoms with Gasteiger partial charge in [0.25, 0.3) is 5.56 Å². The molecule has 2 aromatic heterocycles. The summed E-state index contributed by atoms with van der Waals surface area (Å²) in [5.74, 6) is 0.565. The van der Waals surface area contributed by atoms with Gasteiger partial charge in [0, 0.05) is 6.04 Å². The minimum absolute atomic E-state index is 0.0560. The van der Waals surface area contributed by atoms with Crippen molar-refractivity contribution in [1.82, 2.24) is 24.5 Å². The Hall–Kier alpha value is -3.91. The summed E-state index contributed by atoms with van der Waals surface area (Å²) in [4.78, 5) is 26.2. The summed E-state index contributed by atoms with van der Waals surface area (Å²) in [7, 11) is 0. The van der Waals surface area contributed by atoms with E-state index in [1.165, 1.54) is 17.3 Å². The predicted octanol–water partition coefficient (Wildman–Crippen LogP) is 4.57. The number of hydrogen-bond donors (Lipinski definition) is 1. The minimum Gasteiger partial charge on any atom is -0.353 e. The minimum atomic E-state index is -0.152. The van der Waals surface area contributed by atoms with Crippen molar-refractivity contribution in [3.8, 4) is 5.69 Å². The number of aromatic nitrogens is 4. The number of amides is 1. The molecule has 0 saturated heterocycles. The molecular formula is C28H27N5O2S. The molecule has 1 atom stereocenters. The van der Waals surface area contributed by atoms with Gasteiger partial charge in [-0.2, -0.15) is 0 Å². The SMILES string of the molecule is Cc1ccccc1-n1c(=O)c2ccccc2n2c(SCC(=O)NC(C)CCc3ccccc3)nnc12. The van der Waals surface area contributed by atoms with E-state index in [1.54, 1.807) is 10.6 Å². The van der Waals surface area contributed by atoms with E-state index < -0.39 is 0 Å². The number of nitrogens with one attached hydrogen (secondary N) is 1. The van der Waals surface area contributed by atoms with Crippen molar-refractivity contribution in [1.29, 1.82) is 0 Å². The standard InChI is InChI=1S/C28H27N5O2S/c1-19-10-6-8-14-23(19)32-26(35)22-13-7-9-15-24(22)33-27(32)30-31-28(33)36-18-25(34)29-20(2)16-17-21-11-4-3-5-12-21/h3-15,20H,16-18H2,1-2H3,(H,29,34). The zero-order chi connectivity index (χ0) is 25.1. The van der Waals surface area contributed by atoms with Crippen molar-refractivity contribution < 1.29 is 4.79 Å². The molecule has 0 aliphatic rings. The van der Waals surface area contributed by atoms with E-state index in [-0.39, 0.29) is 23.3 Å². The van der Waals surface area contributed by atoms with Gasteiger partial charge in [0.05, 0.1) is 22.3 Å². The van der Waals surface area contributed by atoms with E-state index in [1.807, 2.05) is 78.9 Å². The number of carbonyl (C=O) groups is 1. The molecule has 36 heavy (non-hydrogen) atoms. The lowest BCUT2D eigenvalue weighted by Gasteiger charge is -2.14. The number of thioether (sulfide) groups is 1. The maximum atomic E-state index is 13.5. The van der Waals surface area contributed by atoms with Crippen LogP contribution in [0.25, 0.3) is 22.4 Å². The van der Waals surface area contributed by atoms with Crippen LogP contribution in [-0.4, -0.2) is 36.9 Å². The molecule has 0 aliphatic heterocycles. The van der Waals surface area contributed by atoms with Crippen molar-refractivity contribution in [3.63, 3.8) is 0 Å². The van der Waals surface area contributed by atoms with Gasteiger partial charge in [-0.15, -0.1) is 10.2 Å². The van der Waals surface area contributed by atoms with E-state index in [0.29, 0.717) is 21.8 Å². The average Bonchev–Trinajstić information content (AvgIpc) is 3.32. The molecule has 0 saturated carbocycles. The van der Waals surface area contributed by atoms with Crippen molar-refractivity contribution in [2.75, 3.05) is 5.75 Å². The fraction of sp³-hybridized carbons (Fsp3) is 0.214. The van der Waals surface area contributed by atoms with Crippen LogP contribution in [0.1, 0.15) is 24.5 Å². The molecule has 5 aromatic rings. The largest absolute Gasteiger partial charge is 0.353 e. The Morgan fingerprint density at radius 1 is 0.972 bits per heavy atom. The van der Waals surface area contributed by atoms with Crippen LogP contribution in [0.2, 0.25) is 0 Å². The van der Waals surface area contributed by atoms with Crippen LogP contribution in [-0.2, 0) is 11.2 Å². The first-order valence-corrected chi connectivity index (χ1v) is 12.9. The van der Waals surface area contributed by atoms with Crippen molar-refractivity contribution in [2.45, 2.75) is 37.9 Å². The lowest BCUT2D eigenvalue weighted by molar-refractivity contribution is -0.119. The van der Waals surface area contributed by atoms with E-state index in [9.17, 15) is 9.59 Å². The maximum absolute atomic E-state index is 13.5. The quantitative estimate of drug-likeness (QED) is 0.318. The molecule has 1 N–H and O–H groups in total. The monoisotopic (exact) mass is 497 g/mol. The zero-order valence-corrected chi connectivity index (χ0v) is 21.0. The Morgan fingerprint density at radius 3 is 2.50 bits per heavy atom. The molecule has 8 heteroatoms. The Balaban J connectivity index is 1.39. The highest BCUT2D eigenvalue weighted by Crippen LogP contribution is 2.24. The van der Waals surface area contributed by atoms with Gasteiger partial charge in [0.2, 0.25) is 11.7 Å². The normalized spacial score (nSPS) is 12.2. The molecule has 7 nitrogen and oxygen atoms in total. The van der Waals surface area contributed by atoms with Crippen LogP contribution in [0, 0.1) is 6.92 Å². The molecule has 0 bridgehead atoms. The predicted molar refractivity (Wildman–Crippen MR) is 144 cm³/mol. The van der Waals surface area contributed by atoms with Gasteiger partial charge >= 0.3 is 0 Å². The molecule has 2 heterocycles. The number of fused-ring (bicyclic) bond motifs is 3. The topological polar surface area (TPSA) is 81.3 Å². The highest BCUT2D eigenvalue weighted by molar-refractivity contribution is 7.99. The Kier molecular flexibility index (Phi) is 6.86. The number of nitrogens with zero attached hydrogens (tertiary/aromatic N) is 4. The molecule has 1 unspecified atom stereocenters. The fourth-order valence-corrected chi connectivity index (χ4v) is 5.10. The molecule has 1 amide bonds. The van der Waals surface area contributed by atoms with Crippen LogP contribution >= 0.6 is 11.8 Å². The first-order valence-electron chi connectivity index (χ1n) is 11.9. The summed E-state index contributed by atoms with van der Waals surface area (Å²) in [6, 6.07) is 25.4. The van der Waals surface area contributed by atoms with E-state index in [4.69, 9.17) is 0 Å². The first-order chi connectivity index (χ1) is 17.5. The number of rotatable bonds is 8. The number of hydrogen-bond acceptors (Lipinski definition) is 5. The maximum Gasteiger partial charge on any atom is 0.267 e. The summed E-state index contributed by atoms with van der Waals surface area (Å²) >= 11 is 1.31. The highest BCUT2D eigenvalue weighted by Gasteiger charge is 2.19. The Labute approximate surface area is 213 Å². The van der Waals surface area contributed by atoms with Gasteiger partial charge in [0.1, 0.15) is 0 Å². The number of para-hydroxylation sites is 2. The van der Waals surface area contributed by atoms with Gasteiger partial charge in [-0.05, 0) is 56.0 Å². The third kappa shape index (κ3) is 4.77. The summed E-state index contributed by atoms with van der Waals surface area (Å²) < 4.78 is 3.46. The van der Waals surface area contributed by atoms with Gasteiger partial charge in [-0.25, -0.2) is 4.57 Å².